The van der Waals surface area contributed by atoms with Crippen LogP contribution in [-0.2, 0) is 9.59 Å². The summed E-state index contributed by atoms with van der Waals surface area (Å²) in [7, 11) is 0. The normalized spacial score (nSPS) is 14.6. The van der Waals surface area contributed by atoms with Crippen LogP contribution in [-0.4, -0.2) is 17.7 Å². The van der Waals surface area contributed by atoms with Crippen LogP contribution in [0.4, 0.5) is 11.4 Å². The standard InChI is InChI=1S/C15H12N2O3S/c18-13-6-7-14(19)17(13)11-4-1-3-10(9-11)16-15(20)12-5-2-8-21-12/h1-5,8-9H,6-7H2,(H,16,20). The number of carbonyl (C=O) groups excluding carboxylic acids is 3. The van der Waals surface area contributed by atoms with Crippen molar-refractivity contribution >= 4 is 40.4 Å². The second-order valence-corrected chi connectivity index (χ2v) is 5.55. The van der Waals surface area contributed by atoms with E-state index in [1.165, 1.54) is 16.2 Å². The molecule has 1 aliphatic heterocycles. The molecule has 2 heterocycles. The van der Waals surface area contributed by atoms with Gasteiger partial charge in [0.05, 0.1) is 10.6 Å². The molecule has 21 heavy (non-hydrogen) atoms. The third-order valence-electron chi connectivity index (χ3n) is 3.16. The average molecular weight is 300 g/mol. The smallest absolute Gasteiger partial charge is 0.265 e. The number of nitrogens with zero attached hydrogens (tertiary/aromatic N) is 1. The maximum Gasteiger partial charge on any atom is 0.265 e. The van der Waals surface area contributed by atoms with Crippen molar-refractivity contribution < 1.29 is 14.4 Å². The van der Waals surface area contributed by atoms with Gasteiger partial charge in [0.25, 0.3) is 5.91 Å². The summed E-state index contributed by atoms with van der Waals surface area (Å²) in [6, 6.07) is 10.3. The fourth-order valence-corrected chi connectivity index (χ4v) is 2.81. The molecular weight excluding hydrogens is 288 g/mol. The Bertz CT molecular complexity index is 693. The zero-order chi connectivity index (χ0) is 14.8. The van der Waals surface area contributed by atoms with E-state index < -0.39 is 0 Å². The Morgan fingerprint density at radius 3 is 2.52 bits per heavy atom. The van der Waals surface area contributed by atoms with Crippen molar-refractivity contribution in [1.82, 2.24) is 0 Å². The van der Waals surface area contributed by atoms with Gasteiger partial charge in [-0.05, 0) is 29.6 Å². The van der Waals surface area contributed by atoms with Gasteiger partial charge >= 0.3 is 0 Å². The monoisotopic (exact) mass is 300 g/mol. The number of rotatable bonds is 3. The van der Waals surface area contributed by atoms with E-state index in [9.17, 15) is 14.4 Å². The van der Waals surface area contributed by atoms with Crippen LogP contribution in [0.2, 0.25) is 0 Å². The highest BCUT2D eigenvalue weighted by Crippen LogP contribution is 2.25. The van der Waals surface area contributed by atoms with Crippen molar-refractivity contribution in [2.24, 2.45) is 0 Å². The third kappa shape index (κ3) is 2.71. The Morgan fingerprint density at radius 2 is 1.86 bits per heavy atom. The number of imide groups is 1. The van der Waals surface area contributed by atoms with E-state index in [1.54, 1.807) is 36.4 Å². The summed E-state index contributed by atoms with van der Waals surface area (Å²) in [5, 5.41) is 4.59. The fourth-order valence-electron chi connectivity index (χ4n) is 2.19. The molecule has 1 saturated heterocycles. The second-order valence-electron chi connectivity index (χ2n) is 4.60. The minimum absolute atomic E-state index is 0.207. The van der Waals surface area contributed by atoms with Gasteiger partial charge in [0.1, 0.15) is 0 Å². The molecule has 1 aromatic heterocycles. The first-order valence-electron chi connectivity index (χ1n) is 6.46. The van der Waals surface area contributed by atoms with Crippen LogP contribution in [0, 0.1) is 0 Å². The Labute approximate surface area is 125 Å². The molecule has 1 aromatic carbocycles. The summed E-state index contributed by atoms with van der Waals surface area (Å²) in [6.07, 6.45) is 0.481. The largest absolute Gasteiger partial charge is 0.321 e. The summed E-state index contributed by atoms with van der Waals surface area (Å²) in [5.74, 6) is -0.621. The summed E-state index contributed by atoms with van der Waals surface area (Å²) in [5.41, 5.74) is 1.05. The van der Waals surface area contributed by atoms with Gasteiger partial charge in [0.15, 0.2) is 0 Å². The Kier molecular flexibility index (Phi) is 3.53. The van der Waals surface area contributed by atoms with Crippen molar-refractivity contribution in [1.29, 1.82) is 0 Å². The van der Waals surface area contributed by atoms with Crippen LogP contribution in [0.15, 0.2) is 41.8 Å². The molecule has 106 valence electrons. The van der Waals surface area contributed by atoms with E-state index >= 15 is 0 Å². The summed E-state index contributed by atoms with van der Waals surface area (Å²) >= 11 is 1.35. The Hall–Kier alpha value is -2.47. The van der Waals surface area contributed by atoms with Gasteiger partial charge in [-0.15, -0.1) is 11.3 Å². The number of hydrogen-bond acceptors (Lipinski definition) is 4. The molecule has 0 atom stereocenters. The number of anilines is 2. The number of benzene rings is 1. The predicted molar refractivity (Wildman–Crippen MR) is 80.4 cm³/mol. The van der Waals surface area contributed by atoms with E-state index in [0.717, 1.165) is 0 Å². The molecule has 0 radical (unpaired) electrons. The summed E-state index contributed by atoms with van der Waals surface area (Å²) < 4.78 is 0. The van der Waals surface area contributed by atoms with Gasteiger partial charge in [0, 0.05) is 18.5 Å². The lowest BCUT2D eigenvalue weighted by atomic mass is 10.2. The van der Waals surface area contributed by atoms with Gasteiger partial charge in [-0.2, -0.15) is 0 Å². The minimum Gasteiger partial charge on any atom is -0.321 e. The van der Waals surface area contributed by atoms with Gasteiger partial charge in [0.2, 0.25) is 11.8 Å². The maximum absolute atomic E-state index is 12.0. The topological polar surface area (TPSA) is 66.5 Å². The number of amides is 3. The average Bonchev–Trinajstić information content (AvgIpc) is 3.09. The van der Waals surface area contributed by atoms with E-state index in [1.807, 2.05) is 5.38 Å². The van der Waals surface area contributed by atoms with Crippen LogP contribution in [0.5, 0.6) is 0 Å². The highest BCUT2D eigenvalue weighted by atomic mass is 32.1. The van der Waals surface area contributed by atoms with Gasteiger partial charge < -0.3 is 5.32 Å². The molecule has 3 rings (SSSR count). The van der Waals surface area contributed by atoms with Crippen molar-refractivity contribution in [3.8, 4) is 0 Å². The minimum atomic E-state index is -0.207. The highest BCUT2D eigenvalue weighted by molar-refractivity contribution is 7.12. The molecule has 1 aliphatic rings. The summed E-state index contributed by atoms with van der Waals surface area (Å²) in [6.45, 7) is 0. The van der Waals surface area contributed by atoms with Crippen molar-refractivity contribution in [3.05, 3.63) is 46.7 Å². The highest BCUT2D eigenvalue weighted by Gasteiger charge is 2.30. The van der Waals surface area contributed by atoms with Crippen molar-refractivity contribution in [2.75, 3.05) is 10.2 Å². The molecular formula is C15H12N2O3S. The van der Waals surface area contributed by atoms with E-state index in [0.29, 0.717) is 16.3 Å². The molecule has 5 nitrogen and oxygen atoms in total. The molecule has 3 amide bonds. The zero-order valence-corrected chi connectivity index (χ0v) is 11.9. The quantitative estimate of drug-likeness (QED) is 0.886. The van der Waals surface area contributed by atoms with Crippen LogP contribution in [0.25, 0.3) is 0 Å². The van der Waals surface area contributed by atoms with Crippen LogP contribution < -0.4 is 10.2 Å². The lowest BCUT2D eigenvalue weighted by molar-refractivity contribution is -0.121. The molecule has 0 aliphatic carbocycles. The lowest BCUT2D eigenvalue weighted by Crippen LogP contribution is -2.28. The van der Waals surface area contributed by atoms with Crippen LogP contribution in [0.3, 0.4) is 0 Å². The molecule has 0 unspecified atom stereocenters. The first-order valence-corrected chi connectivity index (χ1v) is 7.34. The van der Waals surface area contributed by atoms with Crippen LogP contribution in [0.1, 0.15) is 22.5 Å². The Morgan fingerprint density at radius 1 is 1.10 bits per heavy atom. The molecule has 2 aromatic rings. The molecule has 0 spiro atoms. The maximum atomic E-state index is 12.0. The van der Waals surface area contributed by atoms with E-state index in [2.05, 4.69) is 5.32 Å². The first-order chi connectivity index (χ1) is 10.1. The third-order valence-corrected chi connectivity index (χ3v) is 4.03. The van der Waals surface area contributed by atoms with E-state index in [-0.39, 0.29) is 30.6 Å². The molecule has 1 fully saturated rings. The summed E-state index contributed by atoms with van der Waals surface area (Å²) in [4.78, 5) is 37.2. The Balaban J connectivity index is 1.82. The molecule has 1 N–H and O–H groups in total. The fraction of sp³-hybridized carbons (Fsp3) is 0.133. The first kappa shape index (κ1) is 13.5. The van der Waals surface area contributed by atoms with Crippen molar-refractivity contribution in [2.45, 2.75) is 12.8 Å². The second kappa shape index (κ2) is 5.49. The lowest BCUT2D eigenvalue weighted by Gasteiger charge is -2.15. The number of carbonyl (C=O) groups is 3. The van der Waals surface area contributed by atoms with Crippen molar-refractivity contribution in [3.63, 3.8) is 0 Å². The molecule has 6 heteroatoms. The SMILES string of the molecule is O=C(Nc1cccc(N2C(=O)CCC2=O)c1)c1cccs1. The predicted octanol–water partition coefficient (Wildman–Crippen LogP) is 2.65. The van der Waals surface area contributed by atoms with Gasteiger partial charge in [-0.1, -0.05) is 12.1 Å². The van der Waals surface area contributed by atoms with Crippen LogP contribution >= 0.6 is 11.3 Å². The molecule has 0 saturated carbocycles. The molecule has 0 bridgehead atoms. The number of thiophene rings is 1. The zero-order valence-electron chi connectivity index (χ0n) is 11.0. The van der Waals surface area contributed by atoms with E-state index in [4.69, 9.17) is 0 Å². The van der Waals surface area contributed by atoms with Gasteiger partial charge in [-0.25, -0.2) is 0 Å². The number of nitrogens with one attached hydrogen (secondary N) is 1. The van der Waals surface area contributed by atoms with Gasteiger partial charge in [-0.3, -0.25) is 19.3 Å². The number of hydrogen-bond donors (Lipinski definition) is 1.